The van der Waals surface area contributed by atoms with Crippen molar-refractivity contribution >= 4 is 21.4 Å². The Hall–Kier alpha value is -3.53. The van der Waals surface area contributed by atoms with Crippen LogP contribution in [0.25, 0.3) is 16.9 Å². The van der Waals surface area contributed by atoms with Crippen molar-refractivity contribution in [2.75, 3.05) is 11.8 Å². The van der Waals surface area contributed by atoms with Gasteiger partial charge in [-0.25, -0.2) is 13.4 Å². The largest absolute Gasteiger partial charge is 0.495 e. The Morgan fingerprint density at radius 2 is 1.84 bits per heavy atom. The summed E-state index contributed by atoms with van der Waals surface area (Å²) in [4.78, 5) is 3.98. The fourth-order valence-electron chi connectivity index (χ4n) is 3.06. The minimum atomic E-state index is -4.66. The zero-order valence-electron chi connectivity index (χ0n) is 16.1. The summed E-state index contributed by atoms with van der Waals surface area (Å²) in [6.07, 6.45) is -1.05. The number of pyridine rings is 1. The van der Waals surface area contributed by atoms with Gasteiger partial charge in [-0.05, 0) is 48.5 Å². The molecular formula is C21H16F3N3O3S. The van der Waals surface area contributed by atoms with Crippen LogP contribution < -0.4 is 9.46 Å². The highest BCUT2D eigenvalue weighted by Gasteiger charge is 2.31. The Bertz CT molecular complexity index is 1330. The molecule has 0 aliphatic heterocycles. The fraction of sp³-hybridized carbons (Fsp3) is 0.0952. The number of rotatable bonds is 5. The molecule has 0 atom stereocenters. The lowest BCUT2D eigenvalue weighted by atomic mass is 10.1. The summed E-state index contributed by atoms with van der Waals surface area (Å²) in [6, 6.07) is 13.8. The Morgan fingerprint density at radius 1 is 1.03 bits per heavy atom. The average Bonchev–Trinajstić information content (AvgIpc) is 3.17. The maximum Gasteiger partial charge on any atom is 0.416 e. The van der Waals surface area contributed by atoms with Crippen molar-refractivity contribution in [1.29, 1.82) is 0 Å². The summed E-state index contributed by atoms with van der Waals surface area (Å²) in [5, 5.41) is 0. The Kier molecular flexibility index (Phi) is 5.10. The van der Waals surface area contributed by atoms with Crippen LogP contribution in [0.15, 0.2) is 78.0 Å². The molecule has 0 bridgehead atoms. The minimum Gasteiger partial charge on any atom is -0.495 e. The Morgan fingerprint density at radius 3 is 2.55 bits per heavy atom. The van der Waals surface area contributed by atoms with Crippen LogP contribution in [0.5, 0.6) is 5.75 Å². The molecule has 0 fully saturated rings. The van der Waals surface area contributed by atoms with E-state index in [-0.39, 0.29) is 11.4 Å². The first-order chi connectivity index (χ1) is 14.7. The van der Waals surface area contributed by atoms with Gasteiger partial charge in [-0.3, -0.25) is 4.72 Å². The van der Waals surface area contributed by atoms with Crippen molar-refractivity contribution in [1.82, 2.24) is 9.38 Å². The normalized spacial score (nSPS) is 12.1. The van der Waals surface area contributed by atoms with Gasteiger partial charge in [0.1, 0.15) is 11.4 Å². The third-order valence-electron chi connectivity index (χ3n) is 4.58. The van der Waals surface area contributed by atoms with Gasteiger partial charge < -0.3 is 9.14 Å². The van der Waals surface area contributed by atoms with Gasteiger partial charge in [-0.2, -0.15) is 13.2 Å². The molecule has 2 heterocycles. The highest BCUT2D eigenvalue weighted by atomic mass is 32.2. The molecule has 6 nitrogen and oxygen atoms in total. The van der Waals surface area contributed by atoms with E-state index in [0.29, 0.717) is 23.0 Å². The molecular weight excluding hydrogens is 431 g/mol. The van der Waals surface area contributed by atoms with Crippen molar-refractivity contribution in [2.45, 2.75) is 11.1 Å². The van der Waals surface area contributed by atoms with E-state index in [1.807, 2.05) is 28.8 Å². The van der Waals surface area contributed by atoms with E-state index < -0.39 is 26.7 Å². The number of fused-ring (bicyclic) bond motifs is 1. The van der Waals surface area contributed by atoms with Crippen molar-refractivity contribution < 1.29 is 26.3 Å². The van der Waals surface area contributed by atoms with Gasteiger partial charge in [0.15, 0.2) is 0 Å². The van der Waals surface area contributed by atoms with Crippen LogP contribution in [-0.4, -0.2) is 24.9 Å². The summed E-state index contributed by atoms with van der Waals surface area (Å²) in [5.74, 6) is 0.211. The van der Waals surface area contributed by atoms with E-state index in [9.17, 15) is 21.6 Å². The van der Waals surface area contributed by atoms with E-state index >= 15 is 0 Å². The minimum absolute atomic E-state index is 0.0782. The van der Waals surface area contributed by atoms with Crippen molar-refractivity contribution in [3.63, 3.8) is 0 Å². The predicted octanol–water partition coefficient (Wildman–Crippen LogP) is 4.83. The van der Waals surface area contributed by atoms with Crippen LogP contribution in [-0.2, 0) is 16.2 Å². The maximum atomic E-state index is 13.0. The highest BCUT2D eigenvalue weighted by molar-refractivity contribution is 7.92. The highest BCUT2D eigenvalue weighted by Crippen LogP contribution is 2.34. The molecule has 4 rings (SSSR count). The third-order valence-corrected chi connectivity index (χ3v) is 5.94. The quantitative estimate of drug-likeness (QED) is 0.476. The number of nitrogens with zero attached hydrogens (tertiary/aromatic N) is 2. The number of hydrogen-bond acceptors (Lipinski definition) is 4. The van der Waals surface area contributed by atoms with Crippen molar-refractivity contribution in [3.8, 4) is 17.0 Å². The summed E-state index contributed by atoms with van der Waals surface area (Å²) >= 11 is 0. The molecule has 2 aromatic heterocycles. The second-order valence-corrected chi connectivity index (χ2v) is 8.32. The summed E-state index contributed by atoms with van der Waals surface area (Å²) in [7, 11) is -2.94. The summed E-state index contributed by atoms with van der Waals surface area (Å²) in [5.41, 5.74) is 0.925. The molecule has 0 unspecified atom stereocenters. The molecule has 0 radical (unpaired) electrons. The lowest BCUT2D eigenvalue weighted by Crippen LogP contribution is -2.15. The number of sulfonamides is 1. The Balaban J connectivity index is 1.73. The lowest BCUT2D eigenvalue weighted by Gasteiger charge is -2.14. The number of ether oxygens (including phenoxy) is 1. The number of halogens is 3. The molecule has 160 valence electrons. The number of methoxy groups -OCH3 is 1. The second-order valence-electron chi connectivity index (χ2n) is 6.64. The maximum absolute atomic E-state index is 13.0. The molecule has 0 aliphatic rings. The first kappa shape index (κ1) is 20.7. The fourth-order valence-corrected chi connectivity index (χ4v) is 4.17. The first-order valence-corrected chi connectivity index (χ1v) is 10.5. The van der Waals surface area contributed by atoms with Crippen molar-refractivity contribution in [3.05, 3.63) is 78.6 Å². The van der Waals surface area contributed by atoms with E-state index in [0.717, 1.165) is 18.2 Å². The predicted molar refractivity (Wildman–Crippen MR) is 109 cm³/mol. The van der Waals surface area contributed by atoms with Crippen molar-refractivity contribution in [2.24, 2.45) is 0 Å². The monoisotopic (exact) mass is 447 g/mol. The first-order valence-electron chi connectivity index (χ1n) is 8.99. The average molecular weight is 447 g/mol. The standard InChI is InChI=1S/C21H16F3N3O3S/c1-30-19-9-8-14(18-13-27-10-3-2-7-20(27)25-18)11-17(19)26-31(28,29)16-6-4-5-15(12-16)21(22,23)24/h2-13,26H,1H3. The van der Waals surface area contributed by atoms with E-state index in [4.69, 9.17) is 4.74 Å². The molecule has 10 heteroatoms. The van der Waals surface area contributed by atoms with Gasteiger partial charge in [0.25, 0.3) is 10.0 Å². The molecule has 0 amide bonds. The molecule has 1 N–H and O–H groups in total. The van der Waals surface area contributed by atoms with Gasteiger partial charge in [0.05, 0.1) is 29.0 Å². The number of aromatic nitrogens is 2. The molecule has 0 aliphatic carbocycles. The summed E-state index contributed by atoms with van der Waals surface area (Å²) in [6.45, 7) is 0. The van der Waals surface area contributed by atoms with Gasteiger partial charge in [-0.1, -0.05) is 12.1 Å². The second kappa shape index (κ2) is 7.62. The van der Waals surface area contributed by atoms with Crippen LogP contribution in [0.3, 0.4) is 0 Å². The topological polar surface area (TPSA) is 72.7 Å². The van der Waals surface area contributed by atoms with Crippen LogP contribution in [0.4, 0.5) is 18.9 Å². The number of hydrogen-bond donors (Lipinski definition) is 1. The van der Waals surface area contributed by atoms with Crippen LogP contribution in [0.2, 0.25) is 0 Å². The van der Waals surface area contributed by atoms with Crippen LogP contribution in [0.1, 0.15) is 5.56 Å². The van der Waals surface area contributed by atoms with E-state index in [2.05, 4.69) is 9.71 Å². The van der Waals surface area contributed by atoms with Gasteiger partial charge in [0.2, 0.25) is 0 Å². The van der Waals surface area contributed by atoms with Gasteiger partial charge >= 0.3 is 6.18 Å². The number of alkyl halides is 3. The number of benzene rings is 2. The smallest absolute Gasteiger partial charge is 0.416 e. The molecule has 31 heavy (non-hydrogen) atoms. The summed E-state index contributed by atoms with van der Waals surface area (Å²) < 4.78 is 73.9. The number of imidazole rings is 1. The molecule has 0 saturated carbocycles. The SMILES string of the molecule is COc1ccc(-c2cn3ccccc3n2)cc1NS(=O)(=O)c1cccc(C(F)(F)F)c1. The van der Waals surface area contributed by atoms with Gasteiger partial charge in [0, 0.05) is 18.0 Å². The lowest BCUT2D eigenvalue weighted by molar-refractivity contribution is -0.137. The third kappa shape index (κ3) is 4.19. The Labute approximate surface area is 176 Å². The molecule has 2 aromatic carbocycles. The van der Waals surface area contributed by atoms with Gasteiger partial charge in [-0.15, -0.1) is 0 Å². The molecule has 4 aromatic rings. The number of nitrogens with one attached hydrogen (secondary N) is 1. The molecule has 0 spiro atoms. The zero-order chi connectivity index (χ0) is 22.2. The molecule has 0 saturated heterocycles. The number of anilines is 1. The van der Waals surface area contributed by atoms with E-state index in [1.54, 1.807) is 18.3 Å². The van der Waals surface area contributed by atoms with Crippen LogP contribution in [0, 0.1) is 0 Å². The van der Waals surface area contributed by atoms with Crippen LogP contribution >= 0.6 is 0 Å². The van der Waals surface area contributed by atoms with E-state index in [1.165, 1.54) is 13.2 Å². The zero-order valence-corrected chi connectivity index (χ0v) is 16.9.